The van der Waals surface area contributed by atoms with Gasteiger partial charge in [-0.1, -0.05) is 58.0 Å². The van der Waals surface area contributed by atoms with Gasteiger partial charge in [-0.25, -0.2) is 4.79 Å². The van der Waals surface area contributed by atoms with Crippen LogP contribution in [0.1, 0.15) is 52.5 Å². The Labute approximate surface area is 218 Å². The summed E-state index contributed by atoms with van der Waals surface area (Å²) in [6.07, 6.45) is 3.12. The summed E-state index contributed by atoms with van der Waals surface area (Å²) < 4.78 is 0. The van der Waals surface area contributed by atoms with E-state index in [0.717, 1.165) is 5.56 Å². The third-order valence-electron chi connectivity index (χ3n) is 5.54. The number of hydrogen-bond acceptors (Lipinski definition) is 6. The smallest absolute Gasteiger partial charge is 0.326 e. The number of nitrogens with one attached hydrogen (secondary N) is 3. The molecule has 36 heavy (non-hydrogen) atoms. The molecule has 0 saturated heterocycles. The van der Waals surface area contributed by atoms with Gasteiger partial charge in [-0.05, 0) is 48.7 Å². The monoisotopic (exact) mass is 522 g/mol. The van der Waals surface area contributed by atoms with Crippen molar-refractivity contribution < 1.29 is 24.3 Å². The second-order valence-electron chi connectivity index (χ2n) is 9.86. The van der Waals surface area contributed by atoms with Crippen molar-refractivity contribution in [2.24, 2.45) is 17.6 Å². The Morgan fingerprint density at radius 1 is 0.833 bits per heavy atom. The van der Waals surface area contributed by atoms with Crippen molar-refractivity contribution in [2.45, 2.75) is 77.5 Å². The zero-order valence-corrected chi connectivity index (χ0v) is 22.8. The predicted molar refractivity (Wildman–Crippen MR) is 143 cm³/mol. The van der Waals surface area contributed by atoms with Gasteiger partial charge in [-0.3, -0.25) is 14.4 Å². The minimum Gasteiger partial charge on any atom is -0.480 e. The molecular weight excluding hydrogens is 480 g/mol. The average molecular weight is 523 g/mol. The summed E-state index contributed by atoms with van der Waals surface area (Å²) >= 11 is 1.48. The summed E-state index contributed by atoms with van der Waals surface area (Å²) in [7, 11) is 0. The van der Waals surface area contributed by atoms with Crippen LogP contribution in [0.2, 0.25) is 0 Å². The van der Waals surface area contributed by atoms with Gasteiger partial charge in [0.05, 0.1) is 6.04 Å². The van der Waals surface area contributed by atoms with Crippen LogP contribution in [0, 0.1) is 11.8 Å². The van der Waals surface area contributed by atoms with Gasteiger partial charge in [-0.15, -0.1) is 0 Å². The van der Waals surface area contributed by atoms with Crippen molar-refractivity contribution in [3.8, 4) is 0 Å². The fourth-order valence-corrected chi connectivity index (χ4v) is 4.16. The number of carboxylic acid groups (broad SMARTS) is 1. The van der Waals surface area contributed by atoms with E-state index in [1.165, 1.54) is 11.8 Å². The molecule has 1 rings (SSSR count). The van der Waals surface area contributed by atoms with Crippen LogP contribution in [0.25, 0.3) is 0 Å². The number of nitrogens with two attached hydrogens (primary N) is 1. The summed E-state index contributed by atoms with van der Waals surface area (Å²) in [5, 5.41) is 17.6. The molecule has 4 unspecified atom stereocenters. The number of benzene rings is 1. The van der Waals surface area contributed by atoms with Crippen LogP contribution in [-0.2, 0) is 25.6 Å². The molecule has 0 bridgehead atoms. The van der Waals surface area contributed by atoms with Crippen molar-refractivity contribution in [2.75, 3.05) is 12.0 Å². The van der Waals surface area contributed by atoms with Gasteiger partial charge < -0.3 is 26.8 Å². The van der Waals surface area contributed by atoms with Crippen LogP contribution < -0.4 is 21.7 Å². The lowest BCUT2D eigenvalue weighted by Gasteiger charge is -2.26. The van der Waals surface area contributed by atoms with E-state index in [4.69, 9.17) is 5.73 Å². The molecule has 0 radical (unpaired) electrons. The normalized spacial score (nSPS) is 14.6. The molecule has 4 atom stereocenters. The minimum atomic E-state index is -1.13. The van der Waals surface area contributed by atoms with E-state index in [1.807, 2.05) is 64.3 Å². The van der Waals surface area contributed by atoms with Crippen LogP contribution in [0.3, 0.4) is 0 Å². The lowest BCUT2D eigenvalue weighted by atomic mass is 9.99. The SMILES string of the molecule is CSCCC(NC(=O)C(Cc1ccccc1)NC(=O)C(CC(C)C)NC(=O)C(N)CC(C)C)C(=O)O. The predicted octanol–water partition coefficient (Wildman–Crippen LogP) is 1.94. The summed E-state index contributed by atoms with van der Waals surface area (Å²) in [6, 6.07) is 5.42. The summed E-state index contributed by atoms with van der Waals surface area (Å²) in [5.41, 5.74) is 6.81. The van der Waals surface area contributed by atoms with E-state index >= 15 is 0 Å². The van der Waals surface area contributed by atoms with Crippen LogP contribution in [0.15, 0.2) is 30.3 Å². The minimum absolute atomic E-state index is 0.0895. The molecule has 0 aromatic heterocycles. The Morgan fingerprint density at radius 2 is 1.36 bits per heavy atom. The first-order chi connectivity index (χ1) is 16.9. The van der Waals surface area contributed by atoms with Crippen LogP contribution in [0.5, 0.6) is 0 Å². The molecule has 0 saturated carbocycles. The highest BCUT2D eigenvalue weighted by molar-refractivity contribution is 7.98. The number of carboxylic acids is 1. The number of aliphatic carboxylic acids is 1. The molecule has 0 fully saturated rings. The number of thioether (sulfide) groups is 1. The third-order valence-corrected chi connectivity index (χ3v) is 6.19. The Kier molecular flexibility index (Phi) is 14.2. The molecule has 0 heterocycles. The molecule has 0 aliphatic rings. The van der Waals surface area contributed by atoms with Gasteiger partial charge >= 0.3 is 5.97 Å². The maximum atomic E-state index is 13.3. The zero-order valence-electron chi connectivity index (χ0n) is 22.0. The van der Waals surface area contributed by atoms with Gasteiger partial charge in [0.2, 0.25) is 17.7 Å². The second kappa shape index (κ2) is 16.2. The third kappa shape index (κ3) is 11.9. The molecule has 0 aliphatic carbocycles. The van der Waals surface area contributed by atoms with E-state index in [9.17, 15) is 24.3 Å². The van der Waals surface area contributed by atoms with Gasteiger partial charge in [0, 0.05) is 6.42 Å². The zero-order chi connectivity index (χ0) is 27.3. The molecule has 6 N–H and O–H groups in total. The first-order valence-corrected chi connectivity index (χ1v) is 13.8. The molecule has 1 aromatic carbocycles. The van der Waals surface area contributed by atoms with Crippen LogP contribution in [0.4, 0.5) is 0 Å². The Hall–Kier alpha value is -2.59. The first kappa shape index (κ1) is 31.4. The van der Waals surface area contributed by atoms with Gasteiger partial charge in [0.15, 0.2) is 0 Å². The summed E-state index contributed by atoms with van der Waals surface area (Å²) in [6.45, 7) is 7.78. The molecule has 9 nitrogen and oxygen atoms in total. The molecule has 10 heteroatoms. The molecule has 0 aliphatic heterocycles. The molecule has 202 valence electrons. The largest absolute Gasteiger partial charge is 0.480 e. The van der Waals surface area contributed by atoms with E-state index in [-0.39, 0.29) is 24.7 Å². The Bertz CT molecular complexity index is 850. The van der Waals surface area contributed by atoms with Gasteiger partial charge in [0.25, 0.3) is 0 Å². The van der Waals surface area contributed by atoms with Gasteiger partial charge in [0.1, 0.15) is 18.1 Å². The Morgan fingerprint density at radius 3 is 1.89 bits per heavy atom. The lowest BCUT2D eigenvalue weighted by molar-refractivity contribution is -0.142. The van der Waals surface area contributed by atoms with Gasteiger partial charge in [-0.2, -0.15) is 11.8 Å². The maximum Gasteiger partial charge on any atom is 0.326 e. The number of rotatable bonds is 16. The first-order valence-electron chi connectivity index (χ1n) is 12.4. The molecule has 3 amide bonds. The highest BCUT2D eigenvalue weighted by Crippen LogP contribution is 2.10. The number of amides is 3. The van der Waals surface area contributed by atoms with E-state index in [2.05, 4.69) is 16.0 Å². The fourth-order valence-electron chi connectivity index (χ4n) is 3.69. The number of carbonyl (C=O) groups excluding carboxylic acids is 3. The van der Waals surface area contributed by atoms with Crippen LogP contribution in [-0.4, -0.2) is 65.0 Å². The fraction of sp³-hybridized carbons (Fsp3) is 0.615. The Balaban J connectivity index is 3.09. The quantitative estimate of drug-likeness (QED) is 0.223. The maximum absolute atomic E-state index is 13.3. The van der Waals surface area contributed by atoms with Crippen molar-refractivity contribution in [3.63, 3.8) is 0 Å². The highest BCUT2D eigenvalue weighted by atomic mass is 32.2. The topological polar surface area (TPSA) is 151 Å². The molecule has 1 aromatic rings. The summed E-state index contributed by atoms with van der Waals surface area (Å²) in [5.74, 6) is -1.79. The lowest BCUT2D eigenvalue weighted by Crippen LogP contribution is -2.58. The standard InChI is InChI=1S/C26H42N4O5S/c1-16(2)13-19(27)23(31)29-21(14-17(3)4)24(32)30-22(15-18-9-7-6-8-10-18)25(33)28-20(26(34)35)11-12-36-5/h6-10,16-17,19-22H,11-15,27H2,1-5H3,(H,28,33)(H,29,31)(H,30,32)(H,34,35). The van der Waals surface area contributed by atoms with E-state index in [1.54, 1.807) is 0 Å². The molecular formula is C26H42N4O5S. The highest BCUT2D eigenvalue weighted by Gasteiger charge is 2.31. The number of hydrogen-bond donors (Lipinski definition) is 5. The van der Waals surface area contributed by atoms with Crippen molar-refractivity contribution in [1.82, 2.24) is 16.0 Å². The second-order valence-corrected chi connectivity index (χ2v) is 10.8. The van der Waals surface area contributed by atoms with Crippen molar-refractivity contribution >= 4 is 35.5 Å². The van der Waals surface area contributed by atoms with Crippen molar-refractivity contribution in [1.29, 1.82) is 0 Å². The van der Waals surface area contributed by atoms with Crippen molar-refractivity contribution in [3.05, 3.63) is 35.9 Å². The van der Waals surface area contributed by atoms with E-state index < -0.39 is 47.9 Å². The van der Waals surface area contributed by atoms with E-state index in [0.29, 0.717) is 18.6 Å². The average Bonchev–Trinajstić information content (AvgIpc) is 2.80. The molecule has 0 spiro atoms. The number of carbonyl (C=O) groups is 4. The van der Waals surface area contributed by atoms with Crippen LogP contribution >= 0.6 is 11.8 Å². The summed E-state index contributed by atoms with van der Waals surface area (Å²) in [4.78, 5) is 50.8.